The number of amides is 2. The second kappa shape index (κ2) is 8.39. The number of hydrogen-bond donors (Lipinski definition) is 2. The van der Waals surface area contributed by atoms with Crippen molar-refractivity contribution in [2.75, 3.05) is 23.4 Å². The number of benzene rings is 1. The molecular formula is C21H24N2O5S2. The van der Waals surface area contributed by atoms with Crippen molar-refractivity contribution in [3.8, 4) is 5.75 Å². The molecule has 1 aromatic heterocycles. The number of fused-ring (bicyclic) bond motifs is 1. The number of carbonyl (C=O) groups is 2. The molecule has 2 N–H and O–H groups in total. The van der Waals surface area contributed by atoms with Crippen LogP contribution in [0.15, 0.2) is 24.3 Å². The van der Waals surface area contributed by atoms with Gasteiger partial charge in [-0.2, -0.15) is 0 Å². The van der Waals surface area contributed by atoms with Crippen molar-refractivity contribution in [1.29, 1.82) is 0 Å². The summed E-state index contributed by atoms with van der Waals surface area (Å²) in [5, 5.41) is 6.27. The van der Waals surface area contributed by atoms with Crippen LogP contribution < -0.4 is 15.4 Å². The maximum atomic E-state index is 13.0. The lowest BCUT2D eigenvalue weighted by atomic mass is 10.1. The normalized spacial score (nSPS) is 19.3. The third kappa shape index (κ3) is 4.37. The quantitative estimate of drug-likeness (QED) is 0.708. The fourth-order valence-corrected chi connectivity index (χ4v) is 6.92. The topological polar surface area (TPSA) is 102 Å². The standard InChI is InChI=1S/C21H24N2O5S2/c1-2-28-15-6-3-5-13(11-15)19(24)23-21-18(16-7-4-8-17(16)29-21)20(25)22-14-9-10-30(26,27)12-14/h3,5-6,11,14H,2,4,7-10,12H2,1H3,(H,22,25)(H,23,24). The third-order valence-electron chi connectivity index (χ3n) is 5.35. The van der Waals surface area contributed by atoms with E-state index in [4.69, 9.17) is 4.74 Å². The molecule has 7 nitrogen and oxygen atoms in total. The van der Waals surface area contributed by atoms with Crippen molar-refractivity contribution in [1.82, 2.24) is 5.32 Å². The van der Waals surface area contributed by atoms with Gasteiger partial charge in [0.25, 0.3) is 11.8 Å². The smallest absolute Gasteiger partial charge is 0.256 e. The van der Waals surface area contributed by atoms with E-state index in [1.807, 2.05) is 6.92 Å². The highest BCUT2D eigenvalue weighted by molar-refractivity contribution is 7.91. The third-order valence-corrected chi connectivity index (χ3v) is 8.33. The fourth-order valence-electron chi connectivity index (χ4n) is 3.97. The molecule has 1 aliphatic carbocycles. The van der Waals surface area contributed by atoms with Gasteiger partial charge in [0.1, 0.15) is 10.8 Å². The average Bonchev–Trinajstić information content (AvgIpc) is 3.36. The Morgan fingerprint density at radius 1 is 1.23 bits per heavy atom. The lowest BCUT2D eigenvalue weighted by molar-refractivity contribution is 0.0941. The first kappa shape index (κ1) is 20.9. The van der Waals surface area contributed by atoms with Crippen molar-refractivity contribution in [2.24, 2.45) is 0 Å². The van der Waals surface area contributed by atoms with Crippen LogP contribution in [0.1, 0.15) is 50.9 Å². The van der Waals surface area contributed by atoms with E-state index < -0.39 is 9.84 Å². The molecule has 1 aromatic carbocycles. The monoisotopic (exact) mass is 448 g/mol. The molecule has 0 spiro atoms. The van der Waals surface area contributed by atoms with E-state index in [-0.39, 0.29) is 29.4 Å². The Morgan fingerprint density at radius 3 is 2.80 bits per heavy atom. The van der Waals surface area contributed by atoms with Crippen LogP contribution in [0, 0.1) is 0 Å². The predicted molar refractivity (Wildman–Crippen MR) is 116 cm³/mol. The van der Waals surface area contributed by atoms with E-state index in [2.05, 4.69) is 10.6 Å². The van der Waals surface area contributed by atoms with E-state index >= 15 is 0 Å². The minimum absolute atomic E-state index is 0.0308. The van der Waals surface area contributed by atoms with Crippen LogP contribution in [0.2, 0.25) is 0 Å². The first-order chi connectivity index (χ1) is 14.4. The number of ether oxygens (including phenoxy) is 1. The molecule has 2 amide bonds. The largest absolute Gasteiger partial charge is 0.494 e. The lowest BCUT2D eigenvalue weighted by Crippen LogP contribution is -2.36. The molecule has 2 aliphatic rings. The Kier molecular flexibility index (Phi) is 5.84. The summed E-state index contributed by atoms with van der Waals surface area (Å²) in [5.41, 5.74) is 1.89. The number of anilines is 1. The number of nitrogens with one attached hydrogen (secondary N) is 2. The summed E-state index contributed by atoms with van der Waals surface area (Å²) in [5.74, 6) is 0.0549. The van der Waals surface area contributed by atoms with Gasteiger partial charge < -0.3 is 15.4 Å². The maximum absolute atomic E-state index is 13.0. The van der Waals surface area contributed by atoms with Crippen LogP contribution in [0.25, 0.3) is 0 Å². The number of sulfone groups is 1. The lowest BCUT2D eigenvalue weighted by Gasteiger charge is -2.13. The molecule has 9 heteroatoms. The zero-order valence-corrected chi connectivity index (χ0v) is 18.3. The maximum Gasteiger partial charge on any atom is 0.256 e. The molecule has 30 heavy (non-hydrogen) atoms. The summed E-state index contributed by atoms with van der Waals surface area (Å²) in [6.45, 7) is 2.38. The zero-order chi connectivity index (χ0) is 21.3. The summed E-state index contributed by atoms with van der Waals surface area (Å²) in [7, 11) is -3.09. The van der Waals surface area contributed by atoms with Gasteiger partial charge in [-0.25, -0.2) is 8.42 Å². The highest BCUT2D eigenvalue weighted by Crippen LogP contribution is 2.39. The van der Waals surface area contributed by atoms with Gasteiger partial charge in [-0.05, 0) is 56.4 Å². The molecule has 160 valence electrons. The van der Waals surface area contributed by atoms with E-state index in [0.717, 1.165) is 29.7 Å². The Balaban J connectivity index is 1.56. The molecule has 1 aliphatic heterocycles. The summed E-state index contributed by atoms with van der Waals surface area (Å²) >= 11 is 1.43. The molecule has 4 rings (SSSR count). The molecule has 0 radical (unpaired) electrons. The highest BCUT2D eigenvalue weighted by Gasteiger charge is 2.32. The second-order valence-corrected chi connectivity index (χ2v) is 10.9. The molecule has 2 aromatic rings. The van der Waals surface area contributed by atoms with Gasteiger partial charge in [-0.3, -0.25) is 9.59 Å². The van der Waals surface area contributed by atoms with Crippen molar-refractivity contribution in [3.05, 3.63) is 45.8 Å². The van der Waals surface area contributed by atoms with E-state index in [1.165, 1.54) is 11.3 Å². The van der Waals surface area contributed by atoms with E-state index in [1.54, 1.807) is 24.3 Å². The van der Waals surface area contributed by atoms with Gasteiger partial charge in [-0.1, -0.05) is 6.07 Å². The Bertz CT molecular complexity index is 1090. The number of rotatable bonds is 6. The van der Waals surface area contributed by atoms with E-state index in [0.29, 0.717) is 34.9 Å². The summed E-state index contributed by atoms with van der Waals surface area (Å²) in [4.78, 5) is 27.0. The zero-order valence-electron chi connectivity index (χ0n) is 16.7. The predicted octanol–water partition coefficient (Wildman–Crippen LogP) is 2.80. The SMILES string of the molecule is CCOc1cccc(C(=O)Nc2sc3c(c2C(=O)NC2CCS(=O)(=O)C2)CCC3)c1. The number of aryl methyl sites for hydroxylation is 1. The van der Waals surface area contributed by atoms with Crippen LogP contribution in [0.3, 0.4) is 0 Å². The molecule has 2 heterocycles. The molecule has 1 atom stereocenters. The van der Waals surface area contributed by atoms with Gasteiger partial charge in [0.05, 0.1) is 23.7 Å². The number of thiophene rings is 1. The van der Waals surface area contributed by atoms with Crippen LogP contribution in [-0.2, 0) is 22.7 Å². The molecule has 0 bridgehead atoms. The van der Waals surface area contributed by atoms with Crippen LogP contribution in [0.5, 0.6) is 5.75 Å². The first-order valence-corrected chi connectivity index (χ1v) is 12.7. The van der Waals surface area contributed by atoms with Gasteiger partial charge >= 0.3 is 0 Å². The summed E-state index contributed by atoms with van der Waals surface area (Å²) in [6, 6.07) is 6.52. The van der Waals surface area contributed by atoms with Gasteiger partial charge in [0.2, 0.25) is 0 Å². The average molecular weight is 449 g/mol. The summed E-state index contributed by atoms with van der Waals surface area (Å²) < 4.78 is 28.9. The van der Waals surface area contributed by atoms with Crippen LogP contribution in [-0.4, -0.2) is 44.4 Å². The minimum Gasteiger partial charge on any atom is -0.494 e. The van der Waals surface area contributed by atoms with Gasteiger partial charge in [0.15, 0.2) is 9.84 Å². The van der Waals surface area contributed by atoms with Gasteiger partial charge in [0, 0.05) is 16.5 Å². The molecule has 0 saturated carbocycles. The summed E-state index contributed by atoms with van der Waals surface area (Å²) in [6.07, 6.45) is 3.07. The molecular weight excluding hydrogens is 424 g/mol. The first-order valence-electron chi connectivity index (χ1n) is 10.1. The minimum atomic E-state index is -3.09. The van der Waals surface area contributed by atoms with Crippen molar-refractivity contribution in [3.63, 3.8) is 0 Å². The van der Waals surface area contributed by atoms with Crippen LogP contribution >= 0.6 is 11.3 Å². The number of carbonyl (C=O) groups excluding carboxylic acids is 2. The fraction of sp³-hybridized carbons (Fsp3) is 0.429. The number of hydrogen-bond acceptors (Lipinski definition) is 6. The molecule has 1 fully saturated rings. The van der Waals surface area contributed by atoms with Crippen LogP contribution in [0.4, 0.5) is 5.00 Å². The van der Waals surface area contributed by atoms with Crippen molar-refractivity contribution >= 4 is 38.0 Å². The Morgan fingerprint density at radius 2 is 2.07 bits per heavy atom. The molecule has 1 unspecified atom stereocenters. The van der Waals surface area contributed by atoms with Crippen molar-refractivity contribution < 1.29 is 22.7 Å². The molecule has 1 saturated heterocycles. The highest BCUT2D eigenvalue weighted by atomic mass is 32.2. The Hall–Kier alpha value is -2.39. The van der Waals surface area contributed by atoms with Gasteiger partial charge in [-0.15, -0.1) is 11.3 Å². The van der Waals surface area contributed by atoms with E-state index in [9.17, 15) is 18.0 Å². The second-order valence-electron chi connectivity index (χ2n) is 7.55. The van der Waals surface area contributed by atoms with Crippen molar-refractivity contribution in [2.45, 2.75) is 38.6 Å². The Labute approximate surface area is 179 Å².